The molecular weight excluding hydrogens is 370 g/mol. The number of hydrogen-bond donors (Lipinski definition) is 2. The quantitative estimate of drug-likeness (QED) is 0.757. The van der Waals surface area contributed by atoms with Crippen LogP contribution in [0, 0.1) is 0 Å². The molecule has 0 spiro atoms. The molecular formula is C18H23N3O5S. The fourth-order valence-electron chi connectivity index (χ4n) is 3.51. The van der Waals surface area contributed by atoms with Crippen molar-refractivity contribution in [1.29, 1.82) is 0 Å². The van der Waals surface area contributed by atoms with E-state index in [1.165, 1.54) is 17.5 Å². The molecule has 146 valence electrons. The Morgan fingerprint density at radius 3 is 2.52 bits per heavy atom. The minimum absolute atomic E-state index is 0.0910. The first-order valence-electron chi connectivity index (χ1n) is 8.82. The van der Waals surface area contributed by atoms with Gasteiger partial charge in [-0.15, -0.1) is 0 Å². The van der Waals surface area contributed by atoms with Crippen LogP contribution in [0.15, 0.2) is 40.4 Å². The first kappa shape index (κ1) is 19.4. The fourth-order valence-corrected chi connectivity index (χ4v) is 5.26. The molecule has 8 nitrogen and oxygen atoms in total. The number of rotatable bonds is 4. The van der Waals surface area contributed by atoms with E-state index >= 15 is 0 Å². The van der Waals surface area contributed by atoms with E-state index in [0.717, 1.165) is 19.3 Å². The van der Waals surface area contributed by atoms with Crippen LogP contribution in [-0.2, 0) is 19.6 Å². The third-order valence-electron chi connectivity index (χ3n) is 4.84. The van der Waals surface area contributed by atoms with Crippen LogP contribution in [0.4, 0.5) is 4.79 Å². The van der Waals surface area contributed by atoms with Gasteiger partial charge in [-0.05, 0) is 31.4 Å². The third-order valence-corrected chi connectivity index (χ3v) is 6.81. The van der Waals surface area contributed by atoms with Crippen LogP contribution in [0.3, 0.4) is 0 Å². The van der Waals surface area contributed by atoms with Crippen LogP contribution in [0.1, 0.15) is 37.8 Å². The molecule has 2 aliphatic rings. The van der Waals surface area contributed by atoms with Gasteiger partial charge in [-0.3, -0.25) is 0 Å². The number of methoxy groups -OCH3 is 1. The van der Waals surface area contributed by atoms with Crippen LogP contribution >= 0.6 is 0 Å². The van der Waals surface area contributed by atoms with Crippen molar-refractivity contribution in [2.24, 2.45) is 0 Å². The molecule has 1 unspecified atom stereocenters. The molecule has 2 amide bonds. The summed E-state index contributed by atoms with van der Waals surface area (Å²) >= 11 is 0. The molecule has 27 heavy (non-hydrogen) atoms. The number of benzene rings is 1. The molecule has 1 aromatic rings. The van der Waals surface area contributed by atoms with E-state index in [0.29, 0.717) is 24.4 Å². The molecule has 2 N–H and O–H groups in total. The standard InChI is InChI=1S/C18H23N3O5S/c1-12-15(17(22)26-2)16(20-18(23)19-12)13-8-4-5-9-14(13)27(24,25)21-10-6-3-7-11-21/h4-5,8-9,16H,3,6-7,10-11H2,1-2H3,(H2,19,20,23). The van der Waals surface area contributed by atoms with Crippen LogP contribution in [-0.4, -0.2) is 44.9 Å². The molecule has 1 atom stereocenters. The lowest BCUT2D eigenvalue weighted by molar-refractivity contribution is -0.136. The Bertz CT molecular complexity index is 888. The van der Waals surface area contributed by atoms with Crippen molar-refractivity contribution in [1.82, 2.24) is 14.9 Å². The number of allylic oxidation sites excluding steroid dienone is 1. The third kappa shape index (κ3) is 3.70. The summed E-state index contributed by atoms with van der Waals surface area (Å²) < 4.78 is 32.8. The molecule has 3 rings (SSSR count). The van der Waals surface area contributed by atoms with Gasteiger partial charge in [0.2, 0.25) is 10.0 Å². The summed E-state index contributed by atoms with van der Waals surface area (Å²) in [6.07, 6.45) is 2.64. The smallest absolute Gasteiger partial charge is 0.337 e. The van der Waals surface area contributed by atoms with E-state index in [9.17, 15) is 18.0 Å². The summed E-state index contributed by atoms with van der Waals surface area (Å²) in [4.78, 5) is 24.4. The molecule has 1 saturated heterocycles. The van der Waals surface area contributed by atoms with E-state index in [4.69, 9.17) is 4.74 Å². The molecule has 9 heteroatoms. The molecule has 0 aromatic heterocycles. The van der Waals surface area contributed by atoms with Gasteiger partial charge in [0.1, 0.15) is 0 Å². The van der Waals surface area contributed by atoms with Crippen molar-refractivity contribution < 1.29 is 22.7 Å². The fraction of sp³-hybridized carbons (Fsp3) is 0.444. The first-order valence-corrected chi connectivity index (χ1v) is 10.3. The number of carbonyl (C=O) groups is 2. The van der Waals surface area contributed by atoms with Gasteiger partial charge < -0.3 is 15.4 Å². The van der Waals surface area contributed by atoms with Crippen molar-refractivity contribution in [3.05, 3.63) is 41.1 Å². The summed E-state index contributed by atoms with van der Waals surface area (Å²) in [7, 11) is -2.50. The molecule has 2 aliphatic heterocycles. The monoisotopic (exact) mass is 393 g/mol. The van der Waals surface area contributed by atoms with Crippen molar-refractivity contribution >= 4 is 22.0 Å². The van der Waals surface area contributed by atoms with Gasteiger partial charge in [-0.1, -0.05) is 24.6 Å². The highest BCUT2D eigenvalue weighted by molar-refractivity contribution is 7.89. The number of sulfonamides is 1. The van der Waals surface area contributed by atoms with E-state index in [2.05, 4.69) is 10.6 Å². The van der Waals surface area contributed by atoms with Crippen molar-refractivity contribution in [3.63, 3.8) is 0 Å². The lowest BCUT2D eigenvalue weighted by atomic mass is 9.95. The molecule has 0 aliphatic carbocycles. The van der Waals surface area contributed by atoms with Gasteiger partial charge in [0.05, 0.1) is 23.6 Å². The summed E-state index contributed by atoms with van der Waals surface area (Å²) in [6.45, 7) is 2.52. The van der Waals surface area contributed by atoms with Crippen molar-refractivity contribution in [2.75, 3.05) is 20.2 Å². The van der Waals surface area contributed by atoms with Gasteiger partial charge in [-0.2, -0.15) is 4.31 Å². The number of nitrogens with one attached hydrogen (secondary N) is 2. The zero-order valence-electron chi connectivity index (χ0n) is 15.3. The number of hydrogen-bond acceptors (Lipinski definition) is 5. The molecule has 2 heterocycles. The number of amides is 2. The highest BCUT2D eigenvalue weighted by Crippen LogP contribution is 2.33. The maximum atomic E-state index is 13.2. The van der Waals surface area contributed by atoms with Crippen LogP contribution < -0.4 is 10.6 Å². The Morgan fingerprint density at radius 2 is 1.85 bits per heavy atom. The van der Waals surface area contributed by atoms with Crippen molar-refractivity contribution in [2.45, 2.75) is 37.1 Å². The second kappa shape index (κ2) is 7.69. The predicted octanol–water partition coefficient (Wildman–Crippen LogP) is 1.66. The van der Waals surface area contributed by atoms with Gasteiger partial charge >= 0.3 is 12.0 Å². The molecule has 0 bridgehead atoms. The second-order valence-electron chi connectivity index (χ2n) is 6.56. The van der Waals surface area contributed by atoms with E-state index in [1.54, 1.807) is 25.1 Å². The summed E-state index contributed by atoms with van der Waals surface area (Å²) in [5.41, 5.74) is 0.858. The predicted molar refractivity (Wildman–Crippen MR) is 98.2 cm³/mol. The summed E-state index contributed by atoms with van der Waals surface area (Å²) in [5, 5.41) is 5.19. The van der Waals surface area contributed by atoms with E-state index in [1.807, 2.05) is 0 Å². The van der Waals surface area contributed by atoms with Gasteiger partial charge in [0.15, 0.2) is 0 Å². The van der Waals surface area contributed by atoms with Crippen molar-refractivity contribution in [3.8, 4) is 0 Å². The zero-order valence-corrected chi connectivity index (χ0v) is 16.1. The first-order chi connectivity index (χ1) is 12.9. The Kier molecular flexibility index (Phi) is 5.52. The highest BCUT2D eigenvalue weighted by Gasteiger charge is 2.36. The summed E-state index contributed by atoms with van der Waals surface area (Å²) in [5.74, 6) is -0.629. The highest BCUT2D eigenvalue weighted by atomic mass is 32.2. The number of esters is 1. The van der Waals surface area contributed by atoms with Gasteiger partial charge in [0.25, 0.3) is 0 Å². The van der Waals surface area contributed by atoms with E-state index in [-0.39, 0.29) is 10.5 Å². The van der Waals surface area contributed by atoms with Gasteiger partial charge in [-0.25, -0.2) is 18.0 Å². The molecule has 0 saturated carbocycles. The Hall–Kier alpha value is -2.39. The minimum atomic E-state index is -3.75. The number of carbonyl (C=O) groups excluding carboxylic acids is 2. The maximum absolute atomic E-state index is 13.2. The molecule has 0 radical (unpaired) electrons. The Morgan fingerprint density at radius 1 is 1.19 bits per heavy atom. The number of piperidine rings is 1. The lowest BCUT2D eigenvalue weighted by Gasteiger charge is -2.31. The minimum Gasteiger partial charge on any atom is -0.466 e. The average molecular weight is 393 g/mol. The maximum Gasteiger partial charge on any atom is 0.337 e. The molecule has 1 fully saturated rings. The largest absolute Gasteiger partial charge is 0.466 e. The Labute approximate surface area is 158 Å². The zero-order chi connectivity index (χ0) is 19.6. The van der Waals surface area contributed by atoms with Crippen LogP contribution in [0.2, 0.25) is 0 Å². The second-order valence-corrected chi connectivity index (χ2v) is 8.47. The summed E-state index contributed by atoms with van der Waals surface area (Å²) in [6, 6.07) is 5.03. The topological polar surface area (TPSA) is 105 Å². The average Bonchev–Trinajstić information content (AvgIpc) is 2.67. The lowest BCUT2D eigenvalue weighted by Crippen LogP contribution is -2.46. The van der Waals surface area contributed by atoms with Crippen LogP contribution in [0.5, 0.6) is 0 Å². The number of nitrogens with zero attached hydrogens (tertiary/aromatic N) is 1. The van der Waals surface area contributed by atoms with Gasteiger partial charge in [0, 0.05) is 18.8 Å². The molecule has 1 aromatic carbocycles. The normalized spacial score (nSPS) is 21.4. The number of ether oxygens (including phenoxy) is 1. The Balaban J connectivity index is 2.11. The van der Waals surface area contributed by atoms with Crippen LogP contribution in [0.25, 0.3) is 0 Å². The van der Waals surface area contributed by atoms with E-state index < -0.39 is 28.1 Å². The SMILES string of the molecule is COC(=O)C1=C(C)NC(=O)NC1c1ccccc1S(=O)(=O)N1CCCCC1. The number of urea groups is 1.